The Balaban J connectivity index is 1.56. The van der Waals surface area contributed by atoms with E-state index in [0.29, 0.717) is 0 Å². The molecule has 0 aromatic heterocycles. The van der Waals surface area contributed by atoms with Gasteiger partial charge in [0.2, 0.25) is 0 Å². The number of piperazine rings is 1. The van der Waals surface area contributed by atoms with Crippen LogP contribution < -0.4 is 5.32 Å². The summed E-state index contributed by atoms with van der Waals surface area (Å²) in [5.74, 6) is 4.02. The lowest BCUT2D eigenvalue weighted by Crippen LogP contribution is -2.49. The summed E-state index contributed by atoms with van der Waals surface area (Å²) < 4.78 is 0. The predicted octanol–water partition coefficient (Wildman–Crippen LogP) is 2.01. The fraction of sp³-hybridized carbons (Fsp3) is 0.800. The Labute approximate surface area is 109 Å². The molecule has 18 heavy (non-hydrogen) atoms. The molecule has 1 saturated heterocycles. The van der Waals surface area contributed by atoms with Crippen molar-refractivity contribution in [2.75, 3.05) is 26.2 Å². The number of amidine groups is 1. The number of nitrogens with zero attached hydrogens (tertiary/aromatic N) is 2. The maximum Gasteiger partial charge on any atom is 0.108 e. The highest BCUT2D eigenvalue weighted by Crippen LogP contribution is 2.47. The average Bonchev–Trinajstić information content (AvgIpc) is 3.32. The molecule has 4 rings (SSSR count). The molecule has 4 aliphatic rings. The quantitative estimate of drug-likeness (QED) is 0.806. The fourth-order valence-corrected chi connectivity index (χ4v) is 3.46. The second-order valence-electron chi connectivity index (χ2n) is 6.35. The van der Waals surface area contributed by atoms with Crippen molar-refractivity contribution in [2.24, 2.45) is 22.7 Å². The van der Waals surface area contributed by atoms with Gasteiger partial charge >= 0.3 is 0 Å². The van der Waals surface area contributed by atoms with Crippen molar-refractivity contribution >= 4 is 5.84 Å². The van der Waals surface area contributed by atoms with Crippen molar-refractivity contribution < 1.29 is 0 Å². The van der Waals surface area contributed by atoms with E-state index >= 15 is 0 Å². The van der Waals surface area contributed by atoms with E-state index in [1.807, 2.05) is 0 Å². The molecule has 0 amide bonds. The van der Waals surface area contributed by atoms with E-state index in [4.69, 9.17) is 4.99 Å². The van der Waals surface area contributed by atoms with Gasteiger partial charge in [-0.25, -0.2) is 4.99 Å². The zero-order chi connectivity index (χ0) is 11.9. The van der Waals surface area contributed by atoms with Gasteiger partial charge in [-0.2, -0.15) is 0 Å². The van der Waals surface area contributed by atoms with Crippen LogP contribution in [0.15, 0.2) is 16.8 Å². The molecule has 0 bridgehead atoms. The highest BCUT2D eigenvalue weighted by molar-refractivity contribution is 5.87. The Hall–Kier alpha value is -0.830. The zero-order valence-electron chi connectivity index (χ0n) is 11.1. The van der Waals surface area contributed by atoms with Gasteiger partial charge in [0, 0.05) is 38.3 Å². The minimum absolute atomic E-state index is 0.753. The van der Waals surface area contributed by atoms with Crippen LogP contribution in [0.1, 0.15) is 32.1 Å². The van der Waals surface area contributed by atoms with Gasteiger partial charge in [-0.15, -0.1) is 0 Å². The second kappa shape index (κ2) is 4.37. The Kier molecular flexibility index (Phi) is 2.68. The Bertz CT molecular complexity index is 385. The molecule has 3 fully saturated rings. The van der Waals surface area contributed by atoms with Gasteiger partial charge in [-0.3, -0.25) is 0 Å². The van der Waals surface area contributed by atoms with Crippen LogP contribution in [-0.2, 0) is 0 Å². The molecule has 3 nitrogen and oxygen atoms in total. The third kappa shape index (κ3) is 2.09. The standard InChI is InChI=1S/C15H23N3/c1-2-11(1)13-9-14(12-3-4-12)15(17-10-13)18-7-5-16-6-8-18/h10-12,14,16H,1-9H2. The number of rotatable bonds is 2. The smallest absolute Gasteiger partial charge is 0.108 e. The largest absolute Gasteiger partial charge is 0.357 e. The molecular weight excluding hydrogens is 222 g/mol. The number of nitrogens with one attached hydrogen (secondary N) is 1. The highest BCUT2D eigenvalue weighted by Gasteiger charge is 2.40. The van der Waals surface area contributed by atoms with E-state index < -0.39 is 0 Å². The molecule has 0 spiro atoms. The molecular formula is C15H23N3. The first-order valence-corrected chi connectivity index (χ1v) is 7.64. The van der Waals surface area contributed by atoms with Gasteiger partial charge < -0.3 is 10.2 Å². The molecule has 1 N–H and O–H groups in total. The molecule has 0 radical (unpaired) electrons. The minimum atomic E-state index is 0.753. The molecule has 2 saturated carbocycles. The molecule has 1 unspecified atom stereocenters. The first-order chi connectivity index (χ1) is 8.92. The summed E-state index contributed by atoms with van der Waals surface area (Å²) in [6, 6.07) is 0. The predicted molar refractivity (Wildman–Crippen MR) is 73.5 cm³/mol. The summed E-state index contributed by atoms with van der Waals surface area (Å²) in [6.45, 7) is 4.54. The van der Waals surface area contributed by atoms with Gasteiger partial charge in [0.25, 0.3) is 0 Å². The third-order valence-electron chi connectivity index (χ3n) is 4.88. The maximum absolute atomic E-state index is 4.89. The molecule has 1 atom stereocenters. The molecule has 2 aliphatic carbocycles. The minimum Gasteiger partial charge on any atom is -0.357 e. The van der Waals surface area contributed by atoms with Gasteiger partial charge in [-0.05, 0) is 49.5 Å². The SMILES string of the molecule is C1=C(C2CC2)CC(C2CC2)C(N2CCNCC2)=N1. The van der Waals surface area contributed by atoms with Crippen LogP contribution in [0.4, 0.5) is 0 Å². The molecule has 98 valence electrons. The van der Waals surface area contributed by atoms with E-state index in [0.717, 1.165) is 43.9 Å². The number of allylic oxidation sites excluding steroid dienone is 1. The van der Waals surface area contributed by atoms with Crippen LogP contribution in [0.2, 0.25) is 0 Å². The van der Waals surface area contributed by atoms with Crippen molar-refractivity contribution in [3.8, 4) is 0 Å². The monoisotopic (exact) mass is 245 g/mol. The normalized spacial score (nSPS) is 33.1. The van der Waals surface area contributed by atoms with Crippen LogP contribution >= 0.6 is 0 Å². The van der Waals surface area contributed by atoms with Gasteiger partial charge in [0.05, 0.1) is 0 Å². The summed E-state index contributed by atoms with van der Waals surface area (Å²) >= 11 is 0. The van der Waals surface area contributed by atoms with E-state index in [-0.39, 0.29) is 0 Å². The lowest BCUT2D eigenvalue weighted by molar-refractivity contribution is 0.331. The number of hydrogen-bond donors (Lipinski definition) is 1. The van der Waals surface area contributed by atoms with Crippen LogP contribution in [0, 0.1) is 17.8 Å². The summed E-state index contributed by atoms with van der Waals surface area (Å²) in [4.78, 5) is 7.43. The van der Waals surface area contributed by atoms with Crippen LogP contribution in [-0.4, -0.2) is 36.9 Å². The van der Waals surface area contributed by atoms with Crippen LogP contribution in [0.25, 0.3) is 0 Å². The molecule has 3 heteroatoms. The van der Waals surface area contributed by atoms with Gasteiger partial charge in [0.1, 0.15) is 5.84 Å². The Morgan fingerprint density at radius 3 is 2.56 bits per heavy atom. The average molecular weight is 245 g/mol. The van der Waals surface area contributed by atoms with Gasteiger partial charge in [0.15, 0.2) is 0 Å². The number of aliphatic imine (C=N–C) groups is 1. The lowest BCUT2D eigenvalue weighted by atomic mass is 9.89. The second-order valence-corrected chi connectivity index (χ2v) is 6.35. The molecule has 0 aromatic carbocycles. The third-order valence-corrected chi connectivity index (χ3v) is 4.88. The van der Waals surface area contributed by atoms with E-state index in [1.165, 1.54) is 37.9 Å². The van der Waals surface area contributed by atoms with Crippen molar-refractivity contribution in [3.05, 3.63) is 11.8 Å². The van der Waals surface area contributed by atoms with Gasteiger partial charge in [-0.1, -0.05) is 0 Å². The van der Waals surface area contributed by atoms with Crippen LogP contribution in [0.5, 0.6) is 0 Å². The summed E-state index contributed by atoms with van der Waals surface area (Å²) in [7, 11) is 0. The van der Waals surface area contributed by atoms with E-state index in [9.17, 15) is 0 Å². The fourth-order valence-electron chi connectivity index (χ4n) is 3.46. The van der Waals surface area contributed by atoms with Crippen molar-refractivity contribution in [1.29, 1.82) is 0 Å². The van der Waals surface area contributed by atoms with Crippen molar-refractivity contribution in [3.63, 3.8) is 0 Å². The summed E-state index contributed by atoms with van der Waals surface area (Å²) in [5.41, 5.74) is 1.66. The molecule has 2 aliphatic heterocycles. The van der Waals surface area contributed by atoms with E-state index in [2.05, 4.69) is 16.4 Å². The lowest BCUT2D eigenvalue weighted by Gasteiger charge is -2.36. The first kappa shape index (κ1) is 11.0. The summed E-state index contributed by atoms with van der Waals surface area (Å²) in [5, 5.41) is 3.44. The van der Waals surface area contributed by atoms with Crippen molar-refractivity contribution in [1.82, 2.24) is 10.2 Å². The first-order valence-electron chi connectivity index (χ1n) is 7.64. The topological polar surface area (TPSA) is 27.6 Å². The summed E-state index contributed by atoms with van der Waals surface area (Å²) in [6.07, 6.45) is 9.25. The van der Waals surface area contributed by atoms with Crippen LogP contribution in [0.3, 0.4) is 0 Å². The highest BCUT2D eigenvalue weighted by atomic mass is 15.2. The Morgan fingerprint density at radius 2 is 1.89 bits per heavy atom. The maximum atomic E-state index is 4.89. The van der Waals surface area contributed by atoms with E-state index in [1.54, 1.807) is 5.57 Å². The number of hydrogen-bond acceptors (Lipinski definition) is 3. The molecule has 0 aromatic rings. The zero-order valence-corrected chi connectivity index (χ0v) is 11.1. The molecule has 2 heterocycles. The Morgan fingerprint density at radius 1 is 1.11 bits per heavy atom. The van der Waals surface area contributed by atoms with Crippen molar-refractivity contribution in [2.45, 2.75) is 32.1 Å².